The molecule has 0 fully saturated rings. The van der Waals surface area contributed by atoms with Crippen LogP contribution in [-0.2, 0) is 0 Å². The molecule has 1 N–H and O–H groups in total. The summed E-state index contributed by atoms with van der Waals surface area (Å²) in [6.45, 7) is 5.61. The number of aromatic nitrogens is 1. The zero-order valence-electron chi connectivity index (χ0n) is 7.80. The van der Waals surface area contributed by atoms with Crippen LogP contribution in [-0.4, -0.2) is 10.3 Å². The van der Waals surface area contributed by atoms with E-state index in [0.29, 0.717) is 16.3 Å². The summed E-state index contributed by atoms with van der Waals surface area (Å²) in [5, 5.41) is 14.1. The summed E-state index contributed by atoms with van der Waals surface area (Å²) < 4.78 is 5.11. The van der Waals surface area contributed by atoms with E-state index in [2.05, 4.69) is 11.2 Å². The Morgan fingerprint density at radius 2 is 2.00 bits per heavy atom. The molecule has 2 rings (SSSR count). The highest BCUT2D eigenvalue weighted by Gasteiger charge is 2.23. The van der Waals surface area contributed by atoms with Crippen molar-refractivity contribution in [3.8, 4) is 0 Å². The lowest BCUT2D eigenvalue weighted by molar-refractivity contribution is 0.387. The van der Waals surface area contributed by atoms with Crippen LogP contribution in [0.3, 0.4) is 0 Å². The molecule has 66 valence electrons. The van der Waals surface area contributed by atoms with Gasteiger partial charge >= 0.3 is 5.76 Å². The molecule has 0 unspecified atom stereocenters. The van der Waals surface area contributed by atoms with Crippen molar-refractivity contribution in [3.63, 3.8) is 0 Å². The maximum atomic E-state index is 9.59. The number of rotatable bonds is 0. The van der Waals surface area contributed by atoms with Gasteiger partial charge in [0.15, 0.2) is 0 Å². The van der Waals surface area contributed by atoms with E-state index in [-0.39, 0.29) is 5.76 Å². The Morgan fingerprint density at radius 3 is 2.69 bits per heavy atom. The van der Waals surface area contributed by atoms with Crippen LogP contribution in [0.4, 0.5) is 0 Å². The van der Waals surface area contributed by atoms with Crippen molar-refractivity contribution < 1.29 is 9.63 Å². The topological polar surface area (TPSA) is 46.3 Å². The van der Waals surface area contributed by atoms with Crippen LogP contribution < -0.4 is 10.6 Å². The third kappa shape index (κ3) is 0.977. The zero-order chi connectivity index (χ0) is 9.59. The number of allylic oxidation sites excluding steroid dienone is 1. The minimum Gasteiger partial charge on any atom is -0.480 e. The van der Waals surface area contributed by atoms with Crippen LogP contribution in [0.2, 0.25) is 0 Å². The fourth-order valence-corrected chi connectivity index (χ4v) is 1.41. The summed E-state index contributed by atoms with van der Waals surface area (Å²) in [5.74, 6) is 0.122. The number of aliphatic hydroxyl groups excluding tert-OH is 1. The molecule has 1 heterocycles. The summed E-state index contributed by atoms with van der Waals surface area (Å²) in [7, 11) is 0. The van der Waals surface area contributed by atoms with Gasteiger partial charge in [-0.1, -0.05) is 5.16 Å². The van der Waals surface area contributed by atoms with Crippen LogP contribution in [0.1, 0.15) is 19.5 Å². The fraction of sp³-hybridized carbons (Fsp3) is 0.300. The highest BCUT2D eigenvalue weighted by Crippen LogP contribution is 2.11. The Balaban J connectivity index is 3.03. The summed E-state index contributed by atoms with van der Waals surface area (Å²) in [5.41, 5.74) is 3.23. The minimum absolute atomic E-state index is 0.122. The van der Waals surface area contributed by atoms with Gasteiger partial charge in [-0.3, -0.25) is 0 Å². The van der Waals surface area contributed by atoms with Gasteiger partial charge in [0.05, 0.1) is 6.08 Å². The summed E-state index contributed by atoms with van der Waals surface area (Å²) in [6, 6.07) is 0. The van der Waals surface area contributed by atoms with Crippen LogP contribution in [0.5, 0.6) is 0 Å². The third-order valence-corrected chi connectivity index (χ3v) is 2.31. The van der Waals surface area contributed by atoms with Crippen molar-refractivity contribution in [2.75, 3.05) is 0 Å². The number of nitrogens with zero attached hydrogens (tertiary/aromatic N) is 1. The Morgan fingerprint density at radius 1 is 1.31 bits per heavy atom. The number of aliphatic hydroxyl groups is 1. The second kappa shape index (κ2) is 2.44. The normalized spacial score (nSPS) is 15.2. The molecule has 0 amide bonds. The van der Waals surface area contributed by atoms with Gasteiger partial charge in [-0.05, 0) is 13.8 Å². The van der Waals surface area contributed by atoms with Gasteiger partial charge in [-0.15, -0.1) is 0 Å². The SMILES string of the molecule is CC1=[C+]C(O)=c2c(C)noc2=C1C. The molecule has 0 saturated carbocycles. The summed E-state index contributed by atoms with van der Waals surface area (Å²) >= 11 is 0. The molecule has 0 aliphatic heterocycles. The monoisotopic (exact) mass is 176 g/mol. The van der Waals surface area contributed by atoms with Crippen LogP contribution in [0.15, 0.2) is 10.1 Å². The number of hydrogen-bond acceptors (Lipinski definition) is 3. The van der Waals surface area contributed by atoms with Crippen molar-refractivity contribution in [1.82, 2.24) is 5.16 Å². The van der Waals surface area contributed by atoms with Crippen molar-refractivity contribution in [2.24, 2.45) is 0 Å². The molecule has 0 radical (unpaired) electrons. The first-order valence-electron chi connectivity index (χ1n) is 4.08. The van der Waals surface area contributed by atoms with Crippen molar-refractivity contribution in [2.45, 2.75) is 20.8 Å². The second-order valence-electron chi connectivity index (χ2n) is 3.20. The Hall–Kier alpha value is -1.60. The van der Waals surface area contributed by atoms with Gasteiger partial charge in [0, 0.05) is 6.92 Å². The molecule has 0 saturated heterocycles. The highest BCUT2D eigenvalue weighted by atomic mass is 16.5. The Bertz CT molecular complexity index is 506. The lowest BCUT2D eigenvalue weighted by Gasteiger charge is -1.92. The van der Waals surface area contributed by atoms with Gasteiger partial charge in [-0.25, -0.2) is 0 Å². The second-order valence-corrected chi connectivity index (χ2v) is 3.20. The number of hydrogen-bond donors (Lipinski definition) is 1. The molecule has 3 heteroatoms. The average molecular weight is 176 g/mol. The van der Waals surface area contributed by atoms with Crippen LogP contribution >= 0.6 is 0 Å². The van der Waals surface area contributed by atoms with E-state index in [1.807, 2.05) is 13.8 Å². The first kappa shape index (κ1) is 8.02. The molecule has 1 aromatic rings. The van der Waals surface area contributed by atoms with E-state index in [1.165, 1.54) is 0 Å². The largest absolute Gasteiger partial charge is 0.480 e. The van der Waals surface area contributed by atoms with Gasteiger partial charge in [0.1, 0.15) is 16.8 Å². The molecular weight excluding hydrogens is 166 g/mol. The van der Waals surface area contributed by atoms with E-state index in [1.54, 1.807) is 6.92 Å². The van der Waals surface area contributed by atoms with E-state index < -0.39 is 0 Å². The number of aryl methyl sites for hydroxylation is 1. The molecule has 0 spiro atoms. The first-order valence-corrected chi connectivity index (χ1v) is 4.08. The molecule has 13 heavy (non-hydrogen) atoms. The van der Waals surface area contributed by atoms with Crippen molar-refractivity contribution in [3.05, 3.63) is 28.0 Å². The molecule has 1 aliphatic rings. The minimum atomic E-state index is 0.122. The Kier molecular flexibility index (Phi) is 1.51. The van der Waals surface area contributed by atoms with E-state index in [4.69, 9.17) is 4.52 Å². The Labute approximate surface area is 75.7 Å². The summed E-state index contributed by atoms with van der Waals surface area (Å²) in [4.78, 5) is 0. The molecule has 0 aromatic carbocycles. The fourth-order valence-electron chi connectivity index (χ4n) is 1.41. The molecule has 0 bridgehead atoms. The smallest absolute Gasteiger partial charge is 0.301 e. The van der Waals surface area contributed by atoms with Crippen molar-refractivity contribution >= 4 is 11.3 Å². The third-order valence-electron chi connectivity index (χ3n) is 2.31. The zero-order valence-corrected chi connectivity index (χ0v) is 7.80. The standard InChI is InChI=1S/C10H9NO2/c1-5-4-8(12)9-7(3)11-13-10(9)6(5)2/h1-3H3/p+1. The summed E-state index contributed by atoms with van der Waals surface area (Å²) in [6.07, 6.45) is 2.86. The van der Waals surface area contributed by atoms with E-state index in [0.717, 1.165) is 11.1 Å². The predicted molar refractivity (Wildman–Crippen MR) is 48.0 cm³/mol. The lowest BCUT2D eigenvalue weighted by atomic mass is 10.0. The molecule has 1 aliphatic carbocycles. The van der Waals surface area contributed by atoms with Gasteiger partial charge in [0.25, 0.3) is 5.42 Å². The highest BCUT2D eigenvalue weighted by molar-refractivity contribution is 5.67. The van der Waals surface area contributed by atoms with Crippen LogP contribution in [0, 0.1) is 13.0 Å². The molecule has 1 aromatic heterocycles. The van der Waals surface area contributed by atoms with Crippen molar-refractivity contribution in [1.29, 1.82) is 0 Å². The molecule has 3 nitrogen and oxygen atoms in total. The predicted octanol–water partition coefficient (Wildman–Crippen LogP) is 0.583. The number of fused-ring (bicyclic) bond motifs is 1. The van der Waals surface area contributed by atoms with Gasteiger partial charge in [0.2, 0.25) is 5.22 Å². The maximum absolute atomic E-state index is 9.59. The van der Waals surface area contributed by atoms with Gasteiger partial charge < -0.3 is 9.63 Å². The van der Waals surface area contributed by atoms with E-state index in [9.17, 15) is 5.11 Å². The quantitative estimate of drug-likeness (QED) is 0.588. The average Bonchev–Trinajstić information content (AvgIpc) is 2.44. The molecule has 0 atom stereocenters. The van der Waals surface area contributed by atoms with E-state index >= 15 is 0 Å². The van der Waals surface area contributed by atoms with Crippen LogP contribution in [0.25, 0.3) is 11.3 Å². The maximum Gasteiger partial charge on any atom is 0.301 e. The lowest BCUT2D eigenvalue weighted by Crippen LogP contribution is -2.29. The first-order chi connectivity index (χ1) is 6.11. The van der Waals surface area contributed by atoms with Gasteiger partial charge in [-0.2, -0.15) is 0 Å². The molecular formula is C10H10NO2+.